The standard InChI is InChI=1S/C14H26N2O3.C2H4/c1-2-3-4-5-6-7-8-9-10-13(17)19-12-11-16-14(15)18;1-2/h2H,1,3-12H2,(H3,15,16,18);1-2H2. The van der Waals surface area contributed by atoms with E-state index in [9.17, 15) is 9.59 Å². The van der Waals surface area contributed by atoms with Crippen LogP contribution in [0.15, 0.2) is 25.8 Å². The van der Waals surface area contributed by atoms with Gasteiger partial charge in [0, 0.05) is 6.42 Å². The van der Waals surface area contributed by atoms with Crippen LogP contribution in [0.5, 0.6) is 0 Å². The minimum atomic E-state index is -0.604. The molecule has 0 aromatic carbocycles. The highest BCUT2D eigenvalue weighted by Gasteiger charge is 2.02. The maximum absolute atomic E-state index is 11.3. The first kappa shape index (κ1) is 21.5. The largest absolute Gasteiger partial charge is 0.464 e. The van der Waals surface area contributed by atoms with E-state index in [1.54, 1.807) is 0 Å². The number of nitrogens with one attached hydrogen (secondary N) is 1. The third-order valence-corrected chi connectivity index (χ3v) is 2.70. The molecule has 0 aromatic rings. The van der Waals surface area contributed by atoms with Crippen molar-refractivity contribution in [3.63, 3.8) is 0 Å². The van der Waals surface area contributed by atoms with Crippen molar-refractivity contribution >= 4 is 12.0 Å². The van der Waals surface area contributed by atoms with Gasteiger partial charge in [-0.25, -0.2) is 4.79 Å². The van der Waals surface area contributed by atoms with Crippen LogP contribution in [0.4, 0.5) is 4.79 Å². The van der Waals surface area contributed by atoms with Gasteiger partial charge in [-0.2, -0.15) is 0 Å². The van der Waals surface area contributed by atoms with Crippen LogP contribution in [-0.2, 0) is 9.53 Å². The van der Waals surface area contributed by atoms with Gasteiger partial charge < -0.3 is 15.8 Å². The highest BCUT2D eigenvalue weighted by atomic mass is 16.5. The Balaban J connectivity index is 0. The number of carbonyl (C=O) groups excluding carboxylic acids is 2. The molecule has 0 aliphatic carbocycles. The summed E-state index contributed by atoms with van der Waals surface area (Å²) in [5.41, 5.74) is 4.87. The number of allylic oxidation sites excluding steroid dienone is 1. The number of hydrogen-bond donors (Lipinski definition) is 2. The summed E-state index contributed by atoms with van der Waals surface area (Å²) in [6.45, 7) is 10.1. The fraction of sp³-hybridized carbons (Fsp3) is 0.625. The second kappa shape index (κ2) is 18.2. The number of hydrogen-bond acceptors (Lipinski definition) is 3. The number of nitrogens with two attached hydrogens (primary N) is 1. The lowest BCUT2D eigenvalue weighted by Crippen LogP contribution is -2.32. The van der Waals surface area contributed by atoms with Crippen molar-refractivity contribution in [1.82, 2.24) is 5.32 Å². The number of rotatable bonds is 12. The Morgan fingerprint density at radius 2 is 1.62 bits per heavy atom. The van der Waals surface area contributed by atoms with Gasteiger partial charge in [0.25, 0.3) is 0 Å². The molecule has 0 saturated carbocycles. The quantitative estimate of drug-likeness (QED) is 0.329. The molecule has 0 rings (SSSR count). The van der Waals surface area contributed by atoms with E-state index < -0.39 is 6.03 Å². The van der Waals surface area contributed by atoms with Gasteiger partial charge in [0.1, 0.15) is 6.61 Å². The molecular weight excluding hydrogens is 268 g/mol. The van der Waals surface area contributed by atoms with Gasteiger partial charge in [0.15, 0.2) is 0 Å². The van der Waals surface area contributed by atoms with E-state index in [-0.39, 0.29) is 19.1 Å². The molecule has 3 N–H and O–H groups in total. The summed E-state index contributed by atoms with van der Waals surface area (Å²) in [5, 5.41) is 2.36. The lowest BCUT2D eigenvalue weighted by Gasteiger charge is -2.05. The second-order valence-corrected chi connectivity index (χ2v) is 4.46. The molecule has 0 saturated heterocycles. The summed E-state index contributed by atoms with van der Waals surface area (Å²) in [5.74, 6) is -0.210. The van der Waals surface area contributed by atoms with E-state index in [0.717, 1.165) is 25.7 Å². The van der Waals surface area contributed by atoms with Crippen molar-refractivity contribution in [1.29, 1.82) is 0 Å². The first-order valence-electron chi connectivity index (χ1n) is 7.46. The van der Waals surface area contributed by atoms with E-state index in [2.05, 4.69) is 25.1 Å². The van der Waals surface area contributed by atoms with Crippen LogP contribution in [-0.4, -0.2) is 25.2 Å². The summed E-state index contributed by atoms with van der Waals surface area (Å²) in [4.78, 5) is 21.6. The number of primary amides is 1. The van der Waals surface area contributed by atoms with E-state index >= 15 is 0 Å². The average Bonchev–Trinajstić information content (AvgIpc) is 2.48. The SMILES string of the molecule is C=C.C=CCCCCCCCCC(=O)OCCNC(N)=O. The zero-order valence-electron chi connectivity index (χ0n) is 13.1. The Morgan fingerprint density at radius 3 is 2.19 bits per heavy atom. The summed E-state index contributed by atoms with van der Waals surface area (Å²) >= 11 is 0. The zero-order chi connectivity index (χ0) is 16.3. The molecule has 0 aromatic heterocycles. The Morgan fingerprint density at radius 1 is 1.05 bits per heavy atom. The number of carbonyl (C=O) groups is 2. The molecule has 5 nitrogen and oxygen atoms in total. The maximum atomic E-state index is 11.3. The van der Waals surface area contributed by atoms with Crippen LogP contribution in [0, 0.1) is 0 Å². The van der Waals surface area contributed by atoms with E-state index in [1.807, 2.05) is 6.08 Å². The molecule has 0 radical (unpaired) electrons. The van der Waals surface area contributed by atoms with Crippen molar-refractivity contribution in [3.8, 4) is 0 Å². The number of ether oxygens (including phenoxy) is 1. The second-order valence-electron chi connectivity index (χ2n) is 4.46. The minimum Gasteiger partial charge on any atom is -0.464 e. The Labute approximate surface area is 128 Å². The summed E-state index contributed by atoms with van der Waals surface area (Å²) in [6.07, 6.45) is 10.2. The molecule has 0 unspecified atom stereocenters. The van der Waals surface area contributed by atoms with Gasteiger partial charge in [0.2, 0.25) is 0 Å². The smallest absolute Gasteiger partial charge is 0.312 e. The van der Waals surface area contributed by atoms with Crippen LogP contribution < -0.4 is 11.1 Å². The first-order valence-corrected chi connectivity index (χ1v) is 7.46. The van der Waals surface area contributed by atoms with Crippen LogP contribution in [0.3, 0.4) is 0 Å². The number of unbranched alkanes of at least 4 members (excludes halogenated alkanes) is 6. The highest BCUT2D eigenvalue weighted by Crippen LogP contribution is 2.09. The van der Waals surface area contributed by atoms with Gasteiger partial charge in [-0.15, -0.1) is 19.7 Å². The van der Waals surface area contributed by atoms with Crippen LogP contribution in [0.2, 0.25) is 0 Å². The molecular formula is C16H30N2O3. The van der Waals surface area contributed by atoms with Crippen molar-refractivity contribution in [2.45, 2.75) is 51.4 Å². The molecule has 0 aliphatic heterocycles. The van der Waals surface area contributed by atoms with E-state index in [4.69, 9.17) is 10.5 Å². The van der Waals surface area contributed by atoms with Crippen LogP contribution in [0.25, 0.3) is 0 Å². The van der Waals surface area contributed by atoms with E-state index in [0.29, 0.717) is 6.42 Å². The number of urea groups is 1. The van der Waals surface area contributed by atoms with Crippen molar-refractivity contribution < 1.29 is 14.3 Å². The van der Waals surface area contributed by atoms with Crippen LogP contribution >= 0.6 is 0 Å². The molecule has 0 spiro atoms. The zero-order valence-corrected chi connectivity index (χ0v) is 13.1. The van der Waals surface area contributed by atoms with E-state index in [1.165, 1.54) is 19.3 Å². The maximum Gasteiger partial charge on any atom is 0.312 e. The highest BCUT2D eigenvalue weighted by molar-refractivity contribution is 5.71. The lowest BCUT2D eigenvalue weighted by atomic mass is 10.1. The first-order chi connectivity index (χ1) is 10.2. The molecule has 0 heterocycles. The summed E-state index contributed by atoms with van der Waals surface area (Å²) < 4.78 is 4.93. The molecule has 122 valence electrons. The lowest BCUT2D eigenvalue weighted by molar-refractivity contribution is -0.143. The fourth-order valence-corrected chi connectivity index (χ4v) is 1.68. The minimum absolute atomic E-state index is 0.184. The monoisotopic (exact) mass is 298 g/mol. The third-order valence-electron chi connectivity index (χ3n) is 2.70. The van der Waals surface area contributed by atoms with Crippen molar-refractivity contribution in [3.05, 3.63) is 25.8 Å². The van der Waals surface area contributed by atoms with Crippen molar-refractivity contribution in [2.75, 3.05) is 13.2 Å². The third kappa shape index (κ3) is 20.7. The van der Waals surface area contributed by atoms with Crippen LogP contribution in [0.1, 0.15) is 51.4 Å². The van der Waals surface area contributed by atoms with Crippen molar-refractivity contribution in [2.24, 2.45) is 5.73 Å². The Bertz CT molecular complexity index is 281. The normalized spacial score (nSPS) is 9.14. The topological polar surface area (TPSA) is 81.4 Å². The molecule has 0 fully saturated rings. The van der Waals surface area contributed by atoms with Gasteiger partial charge in [0.05, 0.1) is 6.54 Å². The Kier molecular flexibility index (Phi) is 18.7. The fourth-order valence-electron chi connectivity index (χ4n) is 1.68. The van der Waals surface area contributed by atoms with Gasteiger partial charge in [-0.3, -0.25) is 4.79 Å². The molecule has 21 heavy (non-hydrogen) atoms. The summed E-state index contributed by atoms with van der Waals surface area (Å²) in [6, 6.07) is -0.604. The van der Waals surface area contributed by atoms with Gasteiger partial charge in [-0.1, -0.05) is 31.8 Å². The predicted octanol–water partition coefficient (Wildman–Crippen LogP) is 3.31. The molecule has 5 heteroatoms. The van der Waals surface area contributed by atoms with Gasteiger partial charge in [-0.05, 0) is 19.3 Å². The Hall–Kier alpha value is -1.78. The van der Waals surface area contributed by atoms with Gasteiger partial charge >= 0.3 is 12.0 Å². The summed E-state index contributed by atoms with van der Waals surface area (Å²) in [7, 11) is 0. The number of amides is 2. The molecule has 0 bridgehead atoms. The molecule has 0 aliphatic rings. The average molecular weight is 298 g/mol. The molecule has 2 amide bonds. The number of esters is 1. The molecule has 0 atom stereocenters. The predicted molar refractivity (Wildman–Crippen MR) is 86.9 cm³/mol.